The lowest BCUT2D eigenvalue weighted by atomic mass is 9.96. The van der Waals surface area contributed by atoms with Gasteiger partial charge >= 0.3 is 0 Å². The van der Waals surface area contributed by atoms with Crippen LogP contribution >= 0.6 is 0 Å². The highest BCUT2D eigenvalue weighted by Gasteiger charge is 2.31. The molecule has 7 heteroatoms. The molecule has 1 aromatic carbocycles. The van der Waals surface area contributed by atoms with E-state index in [1.54, 1.807) is 19.2 Å². The highest BCUT2D eigenvalue weighted by atomic mass is 16.5. The average molecular weight is 377 g/mol. The number of benzene rings is 1. The number of likely N-dealkylation sites (tertiary alicyclic amines) is 1. The molecule has 0 spiro atoms. The van der Waals surface area contributed by atoms with Gasteiger partial charge in [-0.2, -0.15) is 0 Å². The van der Waals surface area contributed by atoms with Crippen LogP contribution in [0.5, 0.6) is 11.5 Å². The van der Waals surface area contributed by atoms with Crippen molar-refractivity contribution in [2.45, 2.75) is 51.6 Å². The number of ether oxygens (including phenoxy) is 2. The Labute approximate surface area is 161 Å². The van der Waals surface area contributed by atoms with Crippen LogP contribution in [0.15, 0.2) is 12.1 Å². The highest BCUT2D eigenvalue weighted by Crippen LogP contribution is 2.35. The molecule has 1 aliphatic heterocycles. The molecular weight excluding hydrogens is 346 g/mol. The van der Waals surface area contributed by atoms with Crippen molar-refractivity contribution >= 4 is 17.5 Å². The van der Waals surface area contributed by atoms with Gasteiger partial charge in [-0.05, 0) is 46.2 Å². The Bertz CT molecular complexity index is 667. The van der Waals surface area contributed by atoms with Crippen LogP contribution < -0.4 is 20.1 Å². The fraction of sp³-hybridized carbons (Fsp3) is 0.600. The number of hydrogen-bond acceptors (Lipinski definition) is 5. The lowest BCUT2D eigenvalue weighted by molar-refractivity contribution is -0.116. The smallest absolute Gasteiger partial charge is 0.256 e. The summed E-state index contributed by atoms with van der Waals surface area (Å²) in [4.78, 5) is 27.5. The minimum Gasteiger partial charge on any atom is -0.493 e. The summed E-state index contributed by atoms with van der Waals surface area (Å²) in [6, 6.07) is 3.62. The van der Waals surface area contributed by atoms with E-state index in [9.17, 15) is 9.59 Å². The van der Waals surface area contributed by atoms with Crippen LogP contribution in [-0.2, 0) is 4.79 Å². The van der Waals surface area contributed by atoms with Crippen molar-refractivity contribution in [3.63, 3.8) is 0 Å². The van der Waals surface area contributed by atoms with Crippen molar-refractivity contribution in [3.8, 4) is 11.5 Å². The van der Waals surface area contributed by atoms with Crippen LogP contribution in [0, 0.1) is 0 Å². The molecule has 0 radical (unpaired) electrons. The van der Waals surface area contributed by atoms with Crippen LogP contribution in [0.25, 0.3) is 0 Å². The second kappa shape index (κ2) is 9.60. The predicted octanol–water partition coefficient (Wildman–Crippen LogP) is 2.65. The number of nitrogens with one attached hydrogen (secondary N) is 2. The minimum absolute atomic E-state index is 0.0976. The molecule has 2 amide bonds. The quantitative estimate of drug-likeness (QED) is 0.764. The third-order valence-electron chi connectivity index (χ3n) is 5.06. The first-order valence-corrected chi connectivity index (χ1v) is 9.46. The van der Waals surface area contributed by atoms with E-state index in [1.165, 1.54) is 14.2 Å². The van der Waals surface area contributed by atoms with E-state index >= 15 is 0 Å². The van der Waals surface area contributed by atoms with E-state index in [0.29, 0.717) is 35.7 Å². The van der Waals surface area contributed by atoms with Crippen molar-refractivity contribution in [1.82, 2.24) is 10.2 Å². The number of anilines is 1. The number of carbonyl (C=O) groups excluding carboxylic acids is 2. The number of methoxy groups -OCH3 is 2. The molecular formula is C20H31N3O4. The number of nitrogens with zero attached hydrogens (tertiary/aromatic N) is 1. The minimum atomic E-state index is -0.162. The SMILES string of the molecule is CNCCC(=O)Nc1cc(OC)c(OC)cc1C(=O)N1C(C)CCCC1C. The first kappa shape index (κ1) is 21.0. The summed E-state index contributed by atoms with van der Waals surface area (Å²) in [5.74, 6) is 0.675. The van der Waals surface area contributed by atoms with E-state index in [2.05, 4.69) is 24.5 Å². The van der Waals surface area contributed by atoms with Crippen LogP contribution in [0.2, 0.25) is 0 Å². The molecule has 27 heavy (non-hydrogen) atoms. The molecule has 7 nitrogen and oxygen atoms in total. The molecule has 1 heterocycles. The second-order valence-electron chi connectivity index (χ2n) is 7.00. The normalized spacial score (nSPS) is 19.5. The molecule has 150 valence electrons. The van der Waals surface area contributed by atoms with Crippen molar-refractivity contribution in [3.05, 3.63) is 17.7 Å². The Morgan fingerprint density at radius 2 is 1.70 bits per heavy atom. The molecule has 0 aliphatic carbocycles. The van der Waals surface area contributed by atoms with Gasteiger partial charge in [0.25, 0.3) is 5.91 Å². The van der Waals surface area contributed by atoms with Gasteiger partial charge in [-0.3, -0.25) is 9.59 Å². The van der Waals surface area contributed by atoms with Crippen LogP contribution in [0.4, 0.5) is 5.69 Å². The standard InChI is InChI=1S/C20H31N3O4/c1-13-7-6-8-14(2)23(13)20(25)15-11-17(26-4)18(27-5)12-16(15)22-19(24)9-10-21-3/h11-14,21H,6-10H2,1-5H3,(H,22,24). The number of amides is 2. The molecule has 1 aromatic rings. The summed E-state index contributed by atoms with van der Waals surface area (Å²) >= 11 is 0. The molecule has 0 saturated carbocycles. The number of hydrogen-bond donors (Lipinski definition) is 2. The Balaban J connectivity index is 2.41. The van der Waals surface area contributed by atoms with Gasteiger partial charge in [-0.25, -0.2) is 0 Å². The Hall–Kier alpha value is -2.28. The highest BCUT2D eigenvalue weighted by molar-refractivity contribution is 6.05. The topological polar surface area (TPSA) is 79.9 Å². The fourth-order valence-corrected chi connectivity index (χ4v) is 3.57. The van der Waals surface area contributed by atoms with E-state index < -0.39 is 0 Å². The molecule has 0 bridgehead atoms. The van der Waals surface area contributed by atoms with Crippen molar-refractivity contribution in [2.75, 3.05) is 33.1 Å². The van der Waals surface area contributed by atoms with Gasteiger partial charge in [0.15, 0.2) is 11.5 Å². The summed E-state index contributed by atoms with van der Waals surface area (Å²) in [7, 11) is 4.85. The number of piperidine rings is 1. The zero-order valence-corrected chi connectivity index (χ0v) is 16.9. The Kier molecular flexibility index (Phi) is 7.47. The molecule has 1 fully saturated rings. The maximum absolute atomic E-state index is 13.4. The summed E-state index contributed by atoms with van der Waals surface area (Å²) in [5, 5.41) is 5.80. The van der Waals surface area contributed by atoms with E-state index in [0.717, 1.165) is 19.3 Å². The molecule has 2 rings (SSSR count). The Morgan fingerprint density at radius 1 is 1.11 bits per heavy atom. The van der Waals surface area contributed by atoms with Gasteiger partial charge in [-0.15, -0.1) is 0 Å². The maximum Gasteiger partial charge on any atom is 0.256 e. The number of rotatable bonds is 7. The lowest BCUT2D eigenvalue weighted by Gasteiger charge is -2.39. The zero-order valence-electron chi connectivity index (χ0n) is 16.9. The Morgan fingerprint density at radius 3 is 2.26 bits per heavy atom. The third kappa shape index (κ3) is 4.91. The predicted molar refractivity (Wildman–Crippen MR) is 106 cm³/mol. The molecule has 1 saturated heterocycles. The molecule has 2 atom stereocenters. The average Bonchev–Trinajstić information content (AvgIpc) is 2.65. The molecule has 2 unspecified atom stereocenters. The monoisotopic (exact) mass is 377 g/mol. The van der Waals surface area contributed by atoms with Crippen molar-refractivity contribution in [1.29, 1.82) is 0 Å². The van der Waals surface area contributed by atoms with Gasteiger partial charge in [0.1, 0.15) is 0 Å². The van der Waals surface area contributed by atoms with Gasteiger partial charge < -0.3 is 25.0 Å². The van der Waals surface area contributed by atoms with E-state index in [4.69, 9.17) is 9.47 Å². The summed E-state index contributed by atoms with van der Waals surface area (Å²) in [6.45, 7) is 4.70. The van der Waals surface area contributed by atoms with Crippen LogP contribution in [0.3, 0.4) is 0 Å². The van der Waals surface area contributed by atoms with E-state index in [-0.39, 0.29) is 23.9 Å². The van der Waals surface area contributed by atoms with Gasteiger partial charge in [0, 0.05) is 31.1 Å². The van der Waals surface area contributed by atoms with Crippen LogP contribution in [0.1, 0.15) is 49.9 Å². The molecule has 1 aliphatic rings. The lowest BCUT2D eigenvalue weighted by Crippen LogP contribution is -2.47. The van der Waals surface area contributed by atoms with Gasteiger partial charge in [0.2, 0.25) is 5.91 Å². The number of carbonyl (C=O) groups is 2. The van der Waals surface area contributed by atoms with Crippen molar-refractivity contribution < 1.29 is 19.1 Å². The first-order valence-electron chi connectivity index (χ1n) is 9.46. The molecule has 0 aromatic heterocycles. The van der Waals surface area contributed by atoms with E-state index in [1.807, 2.05) is 4.90 Å². The molecule has 2 N–H and O–H groups in total. The summed E-state index contributed by atoms with van der Waals surface area (Å²) in [5.41, 5.74) is 0.870. The van der Waals surface area contributed by atoms with Gasteiger partial charge in [0.05, 0.1) is 25.5 Å². The van der Waals surface area contributed by atoms with Gasteiger partial charge in [-0.1, -0.05) is 0 Å². The first-order chi connectivity index (χ1) is 12.9. The van der Waals surface area contributed by atoms with Crippen LogP contribution in [-0.4, -0.2) is 56.6 Å². The largest absolute Gasteiger partial charge is 0.493 e. The fourth-order valence-electron chi connectivity index (χ4n) is 3.57. The maximum atomic E-state index is 13.4. The second-order valence-corrected chi connectivity index (χ2v) is 7.00. The summed E-state index contributed by atoms with van der Waals surface area (Å²) < 4.78 is 10.7. The third-order valence-corrected chi connectivity index (χ3v) is 5.06. The van der Waals surface area contributed by atoms with Crippen molar-refractivity contribution in [2.24, 2.45) is 0 Å². The zero-order chi connectivity index (χ0) is 20.0. The summed E-state index contributed by atoms with van der Waals surface area (Å²) in [6.07, 6.45) is 3.39.